The van der Waals surface area contributed by atoms with Gasteiger partial charge in [0.2, 0.25) is 6.29 Å². The molecule has 0 unspecified atom stereocenters. The molecule has 130 valence electrons. The lowest BCUT2D eigenvalue weighted by molar-refractivity contribution is -0.277. The van der Waals surface area contributed by atoms with Gasteiger partial charge >= 0.3 is 5.63 Å². The molecule has 8 nitrogen and oxygen atoms in total. The first-order chi connectivity index (χ1) is 11.4. The molecular formula is C16H18O8. The molecule has 1 aliphatic heterocycles. The van der Waals surface area contributed by atoms with Crippen molar-refractivity contribution in [1.82, 2.24) is 0 Å². The van der Waals surface area contributed by atoms with E-state index in [1.807, 2.05) is 0 Å². The maximum atomic E-state index is 11.5. The molecule has 1 aliphatic rings. The van der Waals surface area contributed by atoms with Crippen LogP contribution in [0.5, 0.6) is 5.75 Å². The van der Waals surface area contributed by atoms with Crippen molar-refractivity contribution in [3.05, 3.63) is 40.2 Å². The summed E-state index contributed by atoms with van der Waals surface area (Å²) in [6.07, 6.45) is -6.85. The maximum Gasteiger partial charge on any atom is 0.336 e. The van der Waals surface area contributed by atoms with E-state index in [4.69, 9.17) is 19.0 Å². The molecule has 2 heterocycles. The van der Waals surface area contributed by atoms with Crippen LogP contribution in [-0.4, -0.2) is 57.7 Å². The number of aliphatic hydroxyl groups is 4. The van der Waals surface area contributed by atoms with Gasteiger partial charge in [-0.25, -0.2) is 4.79 Å². The fourth-order valence-corrected chi connectivity index (χ4v) is 2.68. The molecule has 2 aromatic rings. The number of hydrogen-bond acceptors (Lipinski definition) is 8. The molecule has 0 spiro atoms. The zero-order chi connectivity index (χ0) is 17.4. The van der Waals surface area contributed by atoms with Crippen LogP contribution in [0.25, 0.3) is 11.0 Å². The van der Waals surface area contributed by atoms with Crippen molar-refractivity contribution < 1.29 is 34.3 Å². The van der Waals surface area contributed by atoms with Gasteiger partial charge in [0.25, 0.3) is 0 Å². The number of benzene rings is 1. The van der Waals surface area contributed by atoms with Gasteiger partial charge in [0, 0.05) is 17.5 Å². The SMILES string of the molecule is Cc1cc(=O)oc2cc(O[C@@H]3O[C@H](CO)[C@@H](O)[C@@H](O)[C@H]3O)ccc12. The quantitative estimate of drug-likeness (QED) is 0.540. The Morgan fingerprint density at radius 3 is 2.58 bits per heavy atom. The lowest BCUT2D eigenvalue weighted by atomic mass is 9.99. The Bertz CT molecular complexity index is 783. The van der Waals surface area contributed by atoms with E-state index >= 15 is 0 Å². The number of ether oxygens (including phenoxy) is 2. The Morgan fingerprint density at radius 1 is 1.12 bits per heavy atom. The third-order valence-corrected chi connectivity index (χ3v) is 4.02. The van der Waals surface area contributed by atoms with Crippen molar-refractivity contribution in [3.63, 3.8) is 0 Å². The number of rotatable bonds is 3. The monoisotopic (exact) mass is 338 g/mol. The summed E-state index contributed by atoms with van der Waals surface area (Å²) in [5.74, 6) is 0.237. The first-order valence-electron chi connectivity index (χ1n) is 7.42. The molecule has 3 rings (SSSR count). The zero-order valence-corrected chi connectivity index (χ0v) is 12.8. The van der Waals surface area contributed by atoms with Crippen LogP contribution >= 0.6 is 0 Å². The van der Waals surface area contributed by atoms with E-state index in [0.29, 0.717) is 5.58 Å². The first kappa shape index (κ1) is 16.9. The molecule has 0 aliphatic carbocycles. The number of aryl methyl sites for hydroxylation is 1. The molecule has 1 aromatic heterocycles. The Labute approximate surface area is 136 Å². The molecule has 1 fully saturated rings. The standard InChI is InChI=1S/C16H18O8/c1-7-4-12(18)23-10-5-8(2-3-9(7)10)22-16-15(21)14(20)13(19)11(6-17)24-16/h2-5,11,13-17,19-21H,6H2,1H3/t11-,13-,14-,15-,16-/m1/s1. The van der Waals surface area contributed by atoms with Gasteiger partial charge in [0.05, 0.1) is 6.61 Å². The second-order valence-electron chi connectivity index (χ2n) is 5.72. The molecule has 4 N–H and O–H groups in total. The third kappa shape index (κ3) is 3.02. The molecule has 0 saturated carbocycles. The highest BCUT2D eigenvalue weighted by atomic mass is 16.7. The molecule has 5 atom stereocenters. The molecular weight excluding hydrogens is 320 g/mol. The molecule has 1 saturated heterocycles. The average Bonchev–Trinajstić information content (AvgIpc) is 2.55. The molecule has 0 amide bonds. The number of aliphatic hydroxyl groups excluding tert-OH is 4. The summed E-state index contributed by atoms with van der Waals surface area (Å²) in [6.45, 7) is 1.23. The van der Waals surface area contributed by atoms with Crippen LogP contribution in [0, 0.1) is 6.92 Å². The van der Waals surface area contributed by atoms with Crippen LogP contribution in [0.15, 0.2) is 33.5 Å². The van der Waals surface area contributed by atoms with Crippen molar-refractivity contribution in [1.29, 1.82) is 0 Å². The topological polar surface area (TPSA) is 130 Å². The second-order valence-corrected chi connectivity index (χ2v) is 5.72. The van der Waals surface area contributed by atoms with Crippen LogP contribution in [0.1, 0.15) is 5.56 Å². The van der Waals surface area contributed by atoms with Crippen LogP contribution in [0.2, 0.25) is 0 Å². The Hall–Kier alpha value is -1.97. The van der Waals surface area contributed by atoms with Crippen LogP contribution in [0.4, 0.5) is 0 Å². The van der Waals surface area contributed by atoms with E-state index in [-0.39, 0.29) is 5.75 Å². The van der Waals surface area contributed by atoms with Gasteiger partial charge in [-0.15, -0.1) is 0 Å². The van der Waals surface area contributed by atoms with Crippen LogP contribution in [0.3, 0.4) is 0 Å². The Morgan fingerprint density at radius 2 is 1.88 bits per heavy atom. The van der Waals surface area contributed by atoms with Gasteiger partial charge in [-0.2, -0.15) is 0 Å². The average molecular weight is 338 g/mol. The Kier molecular flexibility index (Phi) is 4.57. The number of fused-ring (bicyclic) bond motifs is 1. The highest BCUT2D eigenvalue weighted by molar-refractivity contribution is 5.81. The number of hydrogen-bond donors (Lipinski definition) is 4. The summed E-state index contributed by atoms with van der Waals surface area (Å²) in [7, 11) is 0. The summed E-state index contributed by atoms with van der Waals surface area (Å²) in [5.41, 5.74) is 0.563. The Balaban J connectivity index is 1.87. The normalized spacial score (nSPS) is 30.5. The van der Waals surface area contributed by atoms with Crippen molar-refractivity contribution in [2.45, 2.75) is 37.6 Å². The predicted molar refractivity (Wildman–Crippen MR) is 81.6 cm³/mol. The molecule has 24 heavy (non-hydrogen) atoms. The van der Waals surface area contributed by atoms with Crippen molar-refractivity contribution in [3.8, 4) is 5.75 Å². The maximum absolute atomic E-state index is 11.5. The molecule has 0 bridgehead atoms. The fourth-order valence-electron chi connectivity index (χ4n) is 2.68. The van der Waals surface area contributed by atoms with Gasteiger partial charge in [0.15, 0.2) is 0 Å². The van der Waals surface area contributed by atoms with Crippen molar-refractivity contribution >= 4 is 11.0 Å². The van der Waals surface area contributed by atoms with Crippen molar-refractivity contribution in [2.24, 2.45) is 0 Å². The van der Waals surface area contributed by atoms with E-state index in [1.165, 1.54) is 12.1 Å². The summed E-state index contributed by atoms with van der Waals surface area (Å²) >= 11 is 0. The van der Waals surface area contributed by atoms with Crippen LogP contribution < -0.4 is 10.4 Å². The summed E-state index contributed by atoms with van der Waals surface area (Å²) in [4.78, 5) is 11.5. The predicted octanol–water partition coefficient (Wildman–Crippen LogP) is -0.720. The van der Waals surface area contributed by atoms with Crippen molar-refractivity contribution in [2.75, 3.05) is 6.61 Å². The van der Waals surface area contributed by atoms with E-state index < -0.39 is 42.9 Å². The summed E-state index contributed by atoms with van der Waals surface area (Å²) in [5, 5.41) is 39.4. The summed E-state index contributed by atoms with van der Waals surface area (Å²) < 4.78 is 15.9. The lowest BCUT2D eigenvalue weighted by Crippen LogP contribution is -2.60. The van der Waals surface area contributed by atoms with Gasteiger partial charge in [-0.1, -0.05) is 0 Å². The minimum atomic E-state index is -1.53. The largest absolute Gasteiger partial charge is 0.462 e. The minimum Gasteiger partial charge on any atom is -0.462 e. The fraction of sp³-hybridized carbons (Fsp3) is 0.438. The first-order valence-corrected chi connectivity index (χ1v) is 7.42. The van der Waals surface area contributed by atoms with E-state index in [2.05, 4.69) is 0 Å². The highest BCUT2D eigenvalue weighted by Gasteiger charge is 2.44. The smallest absolute Gasteiger partial charge is 0.336 e. The molecule has 0 radical (unpaired) electrons. The van der Waals surface area contributed by atoms with E-state index in [9.17, 15) is 20.1 Å². The van der Waals surface area contributed by atoms with E-state index in [0.717, 1.165) is 10.9 Å². The summed E-state index contributed by atoms with van der Waals surface area (Å²) in [6, 6.07) is 6.12. The highest BCUT2D eigenvalue weighted by Crippen LogP contribution is 2.27. The second kappa shape index (κ2) is 6.50. The zero-order valence-electron chi connectivity index (χ0n) is 12.8. The van der Waals surface area contributed by atoms with Gasteiger partial charge in [-0.05, 0) is 24.6 Å². The minimum absolute atomic E-state index is 0.237. The van der Waals surface area contributed by atoms with E-state index in [1.54, 1.807) is 19.1 Å². The van der Waals surface area contributed by atoms with Gasteiger partial charge < -0.3 is 34.3 Å². The molecule has 8 heteroatoms. The van der Waals surface area contributed by atoms with Gasteiger partial charge in [0.1, 0.15) is 35.7 Å². The van der Waals surface area contributed by atoms with Gasteiger partial charge in [-0.3, -0.25) is 0 Å². The third-order valence-electron chi connectivity index (χ3n) is 4.02. The lowest BCUT2D eigenvalue weighted by Gasteiger charge is -2.39. The van der Waals surface area contributed by atoms with Crippen LogP contribution in [-0.2, 0) is 4.74 Å². The molecule has 1 aromatic carbocycles.